The number of ketones is 2. The SMILES string of the molecule is C=S(C)(=O)Cc1nc2c(nc1CS(C)(=O)=O)C(=O)c1ccccc1C2=O. The Bertz CT molecular complexity index is 1070. The van der Waals surface area contributed by atoms with Crippen molar-refractivity contribution < 1.29 is 22.2 Å². The van der Waals surface area contributed by atoms with Crippen molar-refractivity contribution in [2.75, 3.05) is 12.5 Å². The lowest BCUT2D eigenvalue weighted by Crippen LogP contribution is -2.26. The van der Waals surface area contributed by atoms with Gasteiger partial charge in [-0.25, -0.2) is 18.4 Å². The van der Waals surface area contributed by atoms with E-state index in [2.05, 4.69) is 15.8 Å². The Hall–Kier alpha value is -2.39. The summed E-state index contributed by atoms with van der Waals surface area (Å²) in [5.74, 6) is 1.97. The summed E-state index contributed by atoms with van der Waals surface area (Å²) >= 11 is 0. The van der Waals surface area contributed by atoms with E-state index < -0.39 is 36.7 Å². The minimum atomic E-state index is -3.49. The lowest BCUT2D eigenvalue weighted by atomic mass is 9.89. The molecule has 1 aromatic carbocycles. The molecule has 7 nitrogen and oxygen atoms in total. The fourth-order valence-corrected chi connectivity index (χ4v) is 4.26. The lowest BCUT2D eigenvalue weighted by Gasteiger charge is -2.18. The van der Waals surface area contributed by atoms with Gasteiger partial charge in [-0.3, -0.25) is 13.8 Å². The van der Waals surface area contributed by atoms with Crippen LogP contribution in [0.4, 0.5) is 0 Å². The van der Waals surface area contributed by atoms with Crippen molar-refractivity contribution in [3.05, 3.63) is 58.2 Å². The first-order chi connectivity index (χ1) is 12.0. The van der Waals surface area contributed by atoms with Crippen LogP contribution in [0.15, 0.2) is 24.3 Å². The predicted octanol–water partition coefficient (Wildman–Crippen LogP) is 0.643. The molecule has 136 valence electrons. The van der Waals surface area contributed by atoms with E-state index in [1.165, 1.54) is 18.4 Å². The van der Waals surface area contributed by atoms with E-state index in [0.717, 1.165) is 6.26 Å². The number of carbonyl (C=O) groups excluding carboxylic acids is 2. The summed E-state index contributed by atoms with van der Waals surface area (Å²) in [5, 5.41) is 0. The highest BCUT2D eigenvalue weighted by molar-refractivity contribution is 7.98. The number of rotatable bonds is 4. The molecular formula is C17H16N2O5S2. The molecule has 0 saturated carbocycles. The van der Waals surface area contributed by atoms with Gasteiger partial charge in [-0.15, -0.1) is 0 Å². The van der Waals surface area contributed by atoms with Crippen LogP contribution in [0.1, 0.15) is 43.5 Å². The number of fused-ring (bicyclic) bond motifs is 2. The number of sulfone groups is 1. The summed E-state index contributed by atoms with van der Waals surface area (Å²) < 4.78 is 35.6. The van der Waals surface area contributed by atoms with Gasteiger partial charge in [0.25, 0.3) is 0 Å². The van der Waals surface area contributed by atoms with Gasteiger partial charge < -0.3 is 0 Å². The Morgan fingerprint density at radius 2 is 1.27 bits per heavy atom. The second-order valence-corrected chi connectivity index (χ2v) is 11.2. The van der Waals surface area contributed by atoms with Crippen molar-refractivity contribution in [1.29, 1.82) is 0 Å². The highest BCUT2D eigenvalue weighted by atomic mass is 32.2. The fraction of sp³-hybridized carbons (Fsp3) is 0.235. The van der Waals surface area contributed by atoms with Crippen LogP contribution >= 0.6 is 0 Å². The Morgan fingerprint density at radius 1 is 0.846 bits per heavy atom. The molecule has 1 aliphatic carbocycles. The van der Waals surface area contributed by atoms with Gasteiger partial charge in [0.2, 0.25) is 11.6 Å². The Morgan fingerprint density at radius 3 is 1.65 bits per heavy atom. The smallest absolute Gasteiger partial charge is 0.214 e. The first-order valence-corrected chi connectivity index (χ1v) is 11.9. The molecule has 26 heavy (non-hydrogen) atoms. The van der Waals surface area contributed by atoms with Gasteiger partial charge in [-0.2, -0.15) is 0 Å². The molecule has 0 spiro atoms. The van der Waals surface area contributed by atoms with Gasteiger partial charge in [0.05, 0.1) is 22.9 Å². The van der Waals surface area contributed by atoms with Gasteiger partial charge in [0.15, 0.2) is 9.84 Å². The number of aromatic nitrogens is 2. The lowest BCUT2D eigenvalue weighted by molar-refractivity contribution is 0.0971. The molecule has 0 bridgehead atoms. The zero-order valence-electron chi connectivity index (χ0n) is 14.2. The molecule has 3 rings (SSSR count). The molecular weight excluding hydrogens is 376 g/mol. The molecule has 0 radical (unpaired) electrons. The van der Waals surface area contributed by atoms with Crippen LogP contribution < -0.4 is 0 Å². The number of hydrogen-bond donors (Lipinski definition) is 0. The average molecular weight is 392 g/mol. The topological polar surface area (TPSA) is 111 Å². The van der Waals surface area contributed by atoms with Crippen molar-refractivity contribution in [2.24, 2.45) is 0 Å². The average Bonchev–Trinajstić information content (AvgIpc) is 2.51. The minimum Gasteiger partial charge on any atom is -0.287 e. The molecule has 1 unspecified atom stereocenters. The van der Waals surface area contributed by atoms with E-state index in [9.17, 15) is 22.2 Å². The van der Waals surface area contributed by atoms with E-state index in [4.69, 9.17) is 0 Å². The molecule has 9 heteroatoms. The maximum Gasteiger partial charge on any atom is 0.214 e. The molecule has 0 N–H and O–H groups in total. The van der Waals surface area contributed by atoms with E-state index in [1.54, 1.807) is 12.1 Å². The number of nitrogens with zero attached hydrogens (tertiary/aromatic N) is 2. The van der Waals surface area contributed by atoms with Crippen molar-refractivity contribution in [3.63, 3.8) is 0 Å². The molecule has 0 aliphatic heterocycles. The summed E-state index contributed by atoms with van der Waals surface area (Å²) in [4.78, 5) is 33.7. The Labute approximate surface area is 151 Å². The molecule has 1 heterocycles. The molecule has 0 saturated heterocycles. The van der Waals surface area contributed by atoms with Gasteiger partial charge in [0, 0.05) is 23.6 Å². The zero-order valence-corrected chi connectivity index (χ0v) is 15.8. The van der Waals surface area contributed by atoms with Crippen molar-refractivity contribution in [3.8, 4) is 0 Å². The third-order valence-electron chi connectivity index (χ3n) is 3.74. The summed E-state index contributed by atoms with van der Waals surface area (Å²) in [6.07, 6.45) is 2.42. The number of hydrogen-bond acceptors (Lipinski definition) is 7. The van der Waals surface area contributed by atoms with E-state index in [0.29, 0.717) is 0 Å². The minimum absolute atomic E-state index is 0.0185. The van der Waals surface area contributed by atoms with Gasteiger partial charge in [-0.1, -0.05) is 24.3 Å². The normalized spacial score (nSPS) is 15.9. The maximum absolute atomic E-state index is 12.7. The molecule has 2 aromatic rings. The maximum atomic E-state index is 12.7. The van der Waals surface area contributed by atoms with Gasteiger partial charge >= 0.3 is 0 Å². The molecule has 1 aliphatic rings. The Kier molecular flexibility index (Phi) is 4.32. The van der Waals surface area contributed by atoms with Crippen molar-refractivity contribution in [1.82, 2.24) is 9.97 Å². The van der Waals surface area contributed by atoms with E-state index in [-0.39, 0.29) is 39.7 Å². The largest absolute Gasteiger partial charge is 0.287 e. The van der Waals surface area contributed by atoms with E-state index in [1.807, 2.05) is 0 Å². The van der Waals surface area contributed by atoms with Crippen LogP contribution in [0.5, 0.6) is 0 Å². The third-order valence-corrected chi connectivity index (χ3v) is 5.42. The van der Waals surface area contributed by atoms with Crippen LogP contribution in [0.2, 0.25) is 0 Å². The predicted molar refractivity (Wildman–Crippen MR) is 98.8 cm³/mol. The molecule has 0 fully saturated rings. The quantitative estimate of drug-likeness (QED) is 0.599. The van der Waals surface area contributed by atoms with Crippen LogP contribution in [-0.2, 0) is 30.9 Å². The Balaban J connectivity index is 2.26. The third kappa shape index (κ3) is 3.58. The monoisotopic (exact) mass is 392 g/mol. The summed E-state index contributed by atoms with van der Waals surface area (Å²) in [7, 11) is -6.05. The summed E-state index contributed by atoms with van der Waals surface area (Å²) in [6.45, 7) is 0. The van der Waals surface area contributed by atoms with Crippen LogP contribution in [0.25, 0.3) is 0 Å². The summed E-state index contributed by atoms with van der Waals surface area (Å²) in [5.41, 5.74) is 0.219. The molecule has 0 amide bonds. The molecule has 1 aromatic heterocycles. The summed E-state index contributed by atoms with van der Waals surface area (Å²) in [6, 6.07) is 6.30. The highest BCUT2D eigenvalue weighted by Crippen LogP contribution is 2.26. The zero-order chi connectivity index (χ0) is 19.3. The van der Waals surface area contributed by atoms with Crippen LogP contribution in [0, 0.1) is 0 Å². The second-order valence-electron chi connectivity index (χ2n) is 6.42. The van der Waals surface area contributed by atoms with Gasteiger partial charge in [-0.05, 0) is 15.4 Å². The highest BCUT2D eigenvalue weighted by Gasteiger charge is 2.33. The molecule has 1 atom stereocenters. The van der Waals surface area contributed by atoms with E-state index >= 15 is 0 Å². The number of carbonyl (C=O) groups is 2. The van der Waals surface area contributed by atoms with Gasteiger partial charge in [0.1, 0.15) is 11.4 Å². The first-order valence-electron chi connectivity index (χ1n) is 7.52. The van der Waals surface area contributed by atoms with Crippen molar-refractivity contribution in [2.45, 2.75) is 11.5 Å². The first kappa shape index (κ1) is 18.4. The standard InChI is InChI=1S/C17H16N2O5S2/c1-25(2,22)8-12-13(9-26(3,23)24)19-15-14(18-12)16(20)10-6-4-5-7-11(10)17(15)21/h4-7H,1,8-9H2,2-3H3. The number of benzene rings is 1. The van der Waals surface area contributed by atoms with Crippen LogP contribution in [0.3, 0.4) is 0 Å². The fourth-order valence-electron chi connectivity index (χ4n) is 2.72. The second kappa shape index (κ2) is 6.10. The van der Waals surface area contributed by atoms with Crippen LogP contribution in [-0.4, -0.2) is 52.5 Å². The van der Waals surface area contributed by atoms with Crippen molar-refractivity contribution >= 4 is 36.8 Å².